The van der Waals surface area contributed by atoms with Crippen molar-refractivity contribution in [2.75, 3.05) is 6.54 Å². The highest BCUT2D eigenvalue weighted by atomic mass is 16.2. The molecule has 3 amide bonds. The molecule has 1 aromatic carbocycles. The normalized spacial score (nSPS) is 14.0. The molecule has 1 rings (SSSR count). The van der Waals surface area contributed by atoms with E-state index in [1.54, 1.807) is 0 Å². The molecule has 0 fully saturated rings. The topological polar surface area (TPSA) is 113 Å². The fourth-order valence-electron chi connectivity index (χ4n) is 3.08. The van der Waals surface area contributed by atoms with Crippen molar-refractivity contribution in [1.29, 1.82) is 0 Å². The molecule has 0 aliphatic rings. The molecule has 7 heteroatoms. The lowest BCUT2D eigenvalue weighted by molar-refractivity contribution is -0.132. The first-order valence-electron chi connectivity index (χ1n) is 10.4. The standard InChI is InChI=1S/C22H36N4O3/c1-15(2)20(25-17(4)27)22(29)26-19(14-18-11-6-5-7-12-18)21(28)24-16(3)10-8-9-13-23/h5-7,11-12,15-16,19-20H,8-10,13-14,23H2,1-4H3,(H,24,28)(H,25,27)(H,26,29)/t16?,19-,20?/m0/s1. The molecule has 0 aliphatic carbocycles. The summed E-state index contributed by atoms with van der Waals surface area (Å²) < 4.78 is 0. The number of amides is 3. The molecule has 0 saturated heterocycles. The Morgan fingerprint density at radius 3 is 2.14 bits per heavy atom. The highest BCUT2D eigenvalue weighted by molar-refractivity contribution is 5.92. The Bertz CT molecular complexity index is 649. The number of benzene rings is 1. The largest absolute Gasteiger partial charge is 0.352 e. The van der Waals surface area contributed by atoms with E-state index in [1.807, 2.05) is 51.1 Å². The molecule has 29 heavy (non-hydrogen) atoms. The van der Waals surface area contributed by atoms with Crippen LogP contribution in [0.2, 0.25) is 0 Å². The molecule has 0 saturated carbocycles. The van der Waals surface area contributed by atoms with Crippen molar-refractivity contribution in [3.05, 3.63) is 35.9 Å². The molecule has 0 heterocycles. The van der Waals surface area contributed by atoms with E-state index in [0.29, 0.717) is 13.0 Å². The molecule has 0 radical (unpaired) electrons. The fourth-order valence-corrected chi connectivity index (χ4v) is 3.08. The lowest BCUT2D eigenvalue weighted by Crippen LogP contribution is -2.56. The minimum absolute atomic E-state index is 0.0135. The number of carbonyl (C=O) groups is 3. The maximum absolute atomic E-state index is 12.9. The molecule has 2 unspecified atom stereocenters. The van der Waals surface area contributed by atoms with Crippen LogP contribution in [0.3, 0.4) is 0 Å². The second-order valence-corrected chi connectivity index (χ2v) is 7.87. The minimum Gasteiger partial charge on any atom is -0.352 e. The number of carbonyl (C=O) groups excluding carboxylic acids is 3. The summed E-state index contributed by atoms with van der Waals surface area (Å²) in [6.45, 7) is 7.66. The average Bonchev–Trinajstić information content (AvgIpc) is 2.66. The van der Waals surface area contributed by atoms with Crippen LogP contribution < -0.4 is 21.7 Å². The van der Waals surface area contributed by atoms with Crippen LogP contribution in [0.25, 0.3) is 0 Å². The van der Waals surface area contributed by atoms with Crippen molar-refractivity contribution in [2.24, 2.45) is 11.7 Å². The smallest absolute Gasteiger partial charge is 0.243 e. The SMILES string of the molecule is CC(=O)NC(C(=O)N[C@@H](Cc1ccccc1)C(=O)NC(C)CCCCN)C(C)C. The van der Waals surface area contributed by atoms with E-state index in [9.17, 15) is 14.4 Å². The van der Waals surface area contributed by atoms with Crippen LogP contribution in [-0.2, 0) is 20.8 Å². The predicted molar refractivity (Wildman–Crippen MR) is 115 cm³/mol. The molecule has 0 bridgehead atoms. The summed E-state index contributed by atoms with van der Waals surface area (Å²) >= 11 is 0. The van der Waals surface area contributed by atoms with Crippen molar-refractivity contribution in [2.45, 2.75) is 71.5 Å². The molecule has 0 spiro atoms. The summed E-state index contributed by atoms with van der Waals surface area (Å²) in [5.74, 6) is -0.971. The van der Waals surface area contributed by atoms with Gasteiger partial charge in [0.2, 0.25) is 17.7 Å². The summed E-state index contributed by atoms with van der Waals surface area (Å²) in [6, 6.07) is 8.11. The molecule has 3 atom stereocenters. The highest BCUT2D eigenvalue weighted by Crippen LogP contribution is 2.08. The van der Waals surface area contributed by atoms with Gasteiger partial charge in [-0.3, -0.25) is 14.4 Å². The summed E-state index contributed by atoms with van der Waals surface area (Å²) in [4.78, 5) is 37.2. The van der Waals surface area contributed by atoms with Gasteiger partial charge in [-0.05, 0) is 37.8 Å². The molecule has 162 valence electrons. The average molecular weight is 405 g/mol. The number of nitrogens with two attached hydrogens (primary N) is 1. The number of hydrogen-bond donors (Lipinski definition) is 4. The Kier molecular flexibility index (Phi) is 11.0. The van der Waals surface area contributed by atoms with Gasteiger partial charge in [-0.1, -0.05) is 50.6 Å². The zero-order chi connectivity index (χ0) is 21.8. The lowest BCUT2D eigenvalue weighted by atomic mass is 10.0. The van der Waals surface area contributed by atoms with Gasteiger partial charge in [0, 0.05) is 19.4 Å². The first-order chi connectivity index (χ1) is 13.7. The lowest BCUT2D eigenvalue weighted by Gasteiger charge is -2.26. The molecule has 0 aromatic heterocycles. The van der Waals surface area contributed by atoms with Gasteiger partial charge < -0.3 is 21.7 Å². The van der Waals surface area contributed by atoms with Gasteiger partial charge in [0.1, 0.15) is 12.1 Å². The molecule has 7 nitrogen and oxygen atoms in total. The van der Waals surface area contributed by atoms with E-state index < -0.39 is 12.1 Å². The van der Waals surface area contributed by atoms with E-state index in [1.165, 1.54) is 6.92 Å². The summed E-state index contributed by atoms with van der Waals surface area (Å²) in [5, 5.41) is 8.50. The minimum atomic E-state index is -0.725. The van der Waals surface area contributed by atoms with Crippen LogP contribution in [0, 0.1) is 5.92 Å². The van der Waals surface area contributed by atoms with E-state index >= 15 is 0 Å². The first-order valence-corrected chi connectivity index (χ1v) is 10.4. The maximum Gasteiger partial charge on any atom is 0.243 e. The quantitative estimate of drug-likeness (QED) is 0.395. The maximum atomic E-state index is 12.9. The Labute approximate surface area is 174 Å². The summed E-state index contributed by atoms with van der Waals surface area (Å²) in [7, 11) is 0. The van der Waals surface area contributed by atoms with Crippen LogP contribution in [-0.4, -0.2) is 42.4 Å². The van der Waals surface area contributed by atoms with Crippen LogP contribution in [0.15, 0.2) is 30.3 Å². The van der Waals surface area contributed by atoms with E-state index in [0.717, 1.165) is 24.8 Å². The third kappa shape index (κ3) is 9.56. The van der Waals surface area contributed by atoms with Crippen LogP contribution >= 0.6 is 0 Å². The molecule has 1 aromatic rings. The van der Waals surface area contributed by atoms with Crippen molar-refractivity contribution in [3.8, 4) is 0 Å². The van der Waals surface area contributed by atoms with Crippen molar-refractivity contribution in [3.63, 3.8) is 0 Å². The van der Waals surface area contributed by atoms with Gasteiger partial charge in [-0.2, -0.15) is 0 Å². The Hall–Kier alpha value is -2.41. The van der Waals surface area contributed by atoms with E-state index in [4.69, 9.17) is 5.73 Å². The van der Waals surface area contributed by atoms with Gasteiger partial charge in [-0.25, -0.2) is 0 Å². The molecule has 0 aliphatic heterocycles. The van der Waals surface area contributed by atoms with Crippen molar-refractivity contribution in [1.82, 2.24) is 16.0 Å². The van der Waals surface area contributed by atoms with Gasteiger partial charge in [0.05, 0.1) is 0 Å². The van der Waals surface area contributed by atoms with Crippen LogP contribution in [0.1, 0.15) is 52.5 Å². The molecular weight excluding hydrogens is 368 g/mol. The fraction of sp³-hybridized carbons (Fsp3) is 0.591. The number of unbranched alkanes of at least 4 members (excludes halogenated alkanes) is 1. The third-order valence-electron chi connectivity index (χ3n) is 4.70. The van der Waals surface area contributed by atoms with Gasteiger partial charge in [-0.15, -0.1) is 0 Å². The first kappa shape index (κ1) is 24.6. The highest BCUT2D eigenvalue weighted by Gasteiger charge is 2.28. The number of nitrogens with one attached hydrogen (secondary N) is 3. The van der Waals surface area contributed by atoms with Gasteiger partial charge in [0.25, 0.3) is 0 Å². The zero-order valence-electron chi connectivity index (χ0n) is 18.0. The number of hydrogen-bond acceptors (Lipinski definition) is 4. The van der Waals surface area contributed by atoms with Crippen LogP contribution in [0.4, 0.5) is 0 Å². The monoisotopic (exact) mass is 404 g/mol. The van der Waals surface area contributed by atoms with E-state index in [-0.39, 0.29) is 29.7 Å². The van der Waals surface area contributed by atoms with Crippen LogP contribution in [0.5, 0.6) is 0 Å². The second-order valence-electron chi connectivity index (χ2n) is 7.87. The Morgan fingerprint density at radius 2 is 1.59 bits per heavy atom. The van der Waals surface area contributed by atoms with Crippen molar-refractivity contribution < 1.29 is 14.4 Å². The van der Waals surface area contributed by atoms with Gasteiger partial charge >= 0.3 is 0 Å². The van der Waals surface area contributed by atoms with Gasteiger partial charge in [0.15, 0.2) is 0 Å². The Balaban J connectivity index is 2.88. The second kappa shape index (κ2) is 12.9. The zero-order valence-corrected chi connectivity index (χ0v) is 18.0. The summed E-state index contributed by atoms with van der Waals surface area (Å²) in [6.07, 6.45) is 3.05. The van der Waals surface area contributed by atoms with Crippen molar-refractivity contribution >= 4 is 17.7 Å². The Morgan fingerprint density at radius 1 is 0.931 bits per heavy atom. The third-order valence-corrected chi connectivity index (χ3v) is 4.70. The predicted octanol–water partition coefficient (Wildman–Crippen LogP) is 1.51. The molecular formula is C22H36N4O3. The summed E-state index contributed by atoms with van der Waals surface area (Å²) in [5.41, 5.74) is 6.48. The van der Waals surface area contributed by atoms with E-state index in [2.05, 4.69) is 16.0 Å². The number of rotatable bonds is 12. The molecule has 5 N–H and O–H groups in total.